The molecule has 11 nitrogen and oxygen atoms in total. The van der Waals surface area contributed by atoms with E-state index in [-0.39, 0.29) is 34.0 Å². The highest BCUT2D eigenvalue weighted by Gasteiger charge is 2.24. The summed E-state index contributed by atoms with van der Waals surface area (Å²) in [6.45, 7) is 3.08. The van der Waals surface area contributed by atoms with Gasteiger partial charge in [-0.05, 0) is 62.7 Å². The van der Waals surface area contributed by atoms with Crippen molar-refractivity contribution in [3.63, 3.8) is 0 Å². The molecule has 1 aromatic carbocycles. The number of nitrogens with one attached hydrogen (secondary N) is 4. The Labute approximate surface area is 215 Å². The normalized spacial score (nSPS) is 18.3. The lowest BCUT2D eigenvalue weighted by Crippen LogP contribution is -2.42. The Hall–Kier alpha value is -3.17. The molecule has 0 unspecified atom stereocenters. The average molecular weight is 550 g/mol. The zero-order valence-electron chi connectivity index (χ0n) is 20.0. The van der Waals surface area contributed by atoms with Crippen molar-refractivity contribution in [2.24, 2.45) is 5.14 Å². The number of piperidine rings is 1. The van der Waals surface area contributed by atoms with Gasteiger partial charge in [0.05, 0.1) is 16.0 Å². The lowest BCUT2D eigenvalue weighted by molar-refractivity contribution is 0.428. The molecule has 198 valence electrons. The first-order valence-corrected chi connectivity index (χ1v) is 14.5. The summed E-state index contributed by atoms with van der Waals surface area (Å²) >= 11 is 0. The summed E-state index contributed by atoms with van der Waals surface area (Å²) in [6.07, 6.45) is 7.73. The fourth-order valence-electron chi connectivity index (χ4n) is 3.90. The first kappa shape index (κ1) is 26.9. The van der Waals surface area contributed by atoms with Gasteiger partial charge in [0, 0.05) is 23.8 Å². The molecule has 0 spiro atoms. The molecule has 0 saturated carbocycles. The van der Waals surface area contributed by atoms with Crippen LogP contribution in [0.2, 0.25) is 0 Å². The zero-order chi connectivity index (χ0) is 26.6. The topological polar surface area (TPSA) is 168 Å². The number of anilines is 3. The number of halogens is 1. The van der Waals surface area contributed by atoms with Crippen LogP contribution in [0.5, 0.6) is 0 Å². The van der Waals surface area contributed by atoms with Crippen molar-refractivity contribution >= 4 is 37.5 Å². The molecule has 0 atom stereocenters. The van der Waals surface area contributed by atoms with Gasteiger partial charge >= 0.3 is 0 Å². The first-order chi connectivity index (χ1) is 17.5. The van der Waals surface area contributed by atoms with E-state index in [4.69, 9.17) is 5.14 Å². The standard InChI is InChI=1S/C23H28FN7O4S2/c1-15(37(34,35)31-17-8-10-26-11-9-17)16-4-2-5-18(12-16)28-22-21(24)14-27-23(30-22)29-19-6-3-7-20(13-19)36(25,32)33/h2-7,13-14,17,26,31H,8-12H2,1H3,(H2,25,32,33)(H2,27,28,29,30)/b16-15+. The van der Waals surface area contributed by atoms with E-state index in [1.165, 1.54) is 18.2 Å². The van der Waals surface area contributed by atoms with E-state index in [0.29, 0.717) is 17.0 Å². The number of benzene rings is 1. The molecule has 2 aromatic rings. The molecule has 2 aliphatic rings. The van der Waals surface area contributed by atoms with Gasteiger partial charge in [-0.3, -0.25) is 0 Å². The number of primary sulfonamides is 1. The number of rotatable bonds is 8. The molecule has 0 radical (unpaired) electrons. The molecule has 1 aromatic heterocycles. The van der Waals surface area contributed by atoms with E-state index in [1.54, 1.807) is 31.2 Å². The highest BCUT2D eigenvalue weighted by Crippen LogP contribution is 2.26. The molecule has 0 amide bonds. The minimum atomic E-state index is -3.90. The van der Waals surface area contributed by atoms with Gasteiger partial charge in [-0.25, -0.2) is 36.1 Å². The van der Waals surface area contributed by atoms with Crippen molar-refractivity contribution in [3.05, 3.63) is 70.7 Å². The summed E-state index contributed by atoms with van der Waals surface area (Å²) < 4.78 is 66.3. The van der Waals surface area contributed by atoms with Crippen molar-refractivity contribution in [2.45, 2.75) is 37.1 Å². The van der Waals surface area contributed by atoms with Gasteiger partial charge in [-0.1, -0.05) is 18.2 Å². The largest absolute Gasteiger partial charge is 0.341 e. The predicted molar refractivity (Wildman–Crippen MR) is 139 cm³/mol. The number of aromatic nitrogens is 2. The zero-order valence-corrected chi connectivity index (χ0v) is 21.7. The third-order valence-electron chi connectivity index (χ3n) is 5.93. The van der Waals surface area contributed by atoms with Crippen molar-refractivity contribution in [2.75, 3.05) is 23.7 Å². The summed E-state index contributed by atoms with van der Waals surface area (Å²) in [5.41, 5.74) is 1.45. The highest BCUT2D eigenvalue weighted by atomic mass is 32.2. The Balaban J connectivity index is 1.48. The second-order valence-corrected chi connectivity index (χ2v) is 12.1. The van der Waals surface area contributed by atoms with E-state index in [2.05, 4.69) is 30.6 Å². The van der Waals surface area contributed by atoms with Crippen molar-refractivity contribution in [1.82, 2.24) is 20.0 Å². The van der Waals surface area contributed by atoms with Crippen LogP contribution in [0.3, 0.4) is 0 Å². The number of allylic oxidation sites excluding steroid dienone is 5. The second kappa shape index (κ2) is 11.1. The Morgan fingerprint density at radius 2 is 1.92 bits per heavy atom. The van der Waals surface area contributed by atoms with E-state index < -0.39 is 25.9 Å². The van der Waals surface area contributed by atoms with E-state index in [0.717, 1.165) is 32.1 Å². The molecule has 0 bridgehead atoms. The van der Waals surface area contributed by atoms with Crippen LogP contribution >= 0.6 is 0 Å². The molecule has 1 aliphatic heterocycles. The Morgan fingerprint density at radius 3 is 2.65 bits per heavy atom. The Morgan fingerprint density at radius 1 is 1.16 bits per heavy atom. The molecular formula is C23H28FN7O4S2. The Bertz CT molecular complexity index is 1480. The number of nitrogens with zero attached hydrogens (tertiary/aromatic N) is 2. The van der Waals surface area contributed by atoms with E-state index in [9.17, 15) is 21.2 Å². The molecule has 1 saturated heterocycles. The summed E-state index contributed by atoms with van der Waals surface area (Å²) in [6, 6.07) is 5.61. The SMILES string of the molecule is C/C(=C1/C=CC=C(Nc2nc(Nc3cccc(S(N)(=O)=O)c3)ncc2F)C1)S(=O)(=O)NC1CCNCC1. The van der Waals surface area contributed by atoms with Gasteiger partial charge in [-0.2, -0.15) is 4.98 Å². The molecule has 2 heterocycles. The molecule has 37 heavy (non-hydrogen) atoms. The maximum absolute atomic E-state index is 14.5. The van der Waals surface area contributed by atoms with Gasteiger partial charge in [-0.15, -0.1) is 0 Å². The lowest BCUT2D eigenvalue weighted by atomic mass is 10.0. The van der Waals surface area contributed by atoms with Crippen LogP contribution in [0.15, 0.2) is 69.8 Å². The molecular weight excluding hydrogens is 521 g/mol. The van der Waals surface area contributed by atoms with Gasteiger partial charge < -0.3 is 16.0 Å². The molecule has 6 N–H and O–H groups in total. The second-order valence-electron chi connectivity index (χ2n) is 8.67. The van der Waals surface area contributed by atoms with Crippen LogP contribution in [0.4, 0.5) is 21.8 Å². The molecule has 1 fully saturated rings. The van der Waals surface area contributed by atoms with E-state index in [1.807, 2.05) is 0 Å². The number of hydrogen-bond acceptors (Lipinski definition) is 9. The maximum Gasteiger partial charge on any atom is 0.238 e. The molecule has 14 heteroatoms. The number of hydrogen-bond donors (Lipinski definition) is 5. The summed E-state index contributed by atoms with van der Waals surface area (Å²) in [4.78, 5) is 8.14. The lowest BCUT2D eigenvalue weighted by Gasteiger charge is -2.24. The van der Waals surface area contributed by atoms with Crippen LogP contribution in [-0.2, 0) is 20.0 Å². The van der Waals surface area contributed by atoms with Crippen molar-refractivity contribution in [3.8, 4) is 0 Å². The average Bonchev–Trinajstić information content (AvgIpc) is 2.86. The Kier molecular flexibility index (Phi) is 8.04. The van der Waals surface area contributed by atoms with Crippen molar-refractivity contribution in [1.29, 1.82) is 0 Å². The minimum Gasteiger partial charge on any atom is -0.341 e. The van der Waals surface area contributed by atoms with Gasteiger partial charge in [0.15, 0.2) is 11.6 Å². The van der Waals surface area contributed by atoms with Crippen LogP contribution in [0, 0.1) is 5.82 Å². The fourth-order valence-corrected chi connectivity index (χ4v) is 5.79. The van der Waals surface area contributed by atoms with Crippen LogP contribution in [-0.4, -0.2) is 45.9 Å². The van der Waals surface area contributed by atoms with Crippen LogP contribution in [0.25, 0.3) is 0 Å². The molecule has 1 aliphatic carbocycles. The van der Waals surface area contributed by atoms with Crippen LogP contribution in [0.1, 0.15) is 26.2 Å². The number of sulfonamides is 2. The fraction of sp³-hybridized carbons (Fsp3) is 0.304. The smallest absolute Gasteiger partial charge is 0.238 e. The van der Waals surface area contributed by atoms with Gasteiger partial charge in [0.25, 0.3) is 0 Å². The first-order valence-electron chi connectivity index (χ1n) is 11.5. The van der Waals surface area contributed by atoms with Gasteiger partial charge in [0.2, 0.25) is 26.0 Å². The summed E-state index contributed by atoms with van der Waals surface area (Å²) in [5.74, 6) is -0.834. The summed E-state index contributed by atoms with van der Waals surface area (Å²) in [7, 11) is -7.59. The van der Waals surface area contributed by atoms with Crippen LogP contribution < -0.4 is 25.8 Å². The monoisotopic (exact) mass is 549 g/mol. The summed E-state index contributed by atoms with van der Waals surface area (Å²) in [5, 5.41) is 14.1. The van der Waals surface area contributed by atoms with E-state index >= 15 is 0 Å². The van der Waals surface area contributed by atoms with Crippen molar-refractivity contribution < 1.29 is 21.2 Å². The predicted octanol–water partition coefficient (Wildman–Crippen LogP) is 2.21. The quantitative estimate of drug-likeness (QED) is 0.331. The van der Waals surface area contributed by atoms with Gasteiger partial charge in [0.1, 0.15) is 0 Å². The highest BCUT2D eigenvalue weighted by molar-refractivity contribution is 7.93. The minimum absolute atomic E-state index is 0.0168. The maximum atomic E-state index is 14.5. The third-order valence-corrected chi connectivity index (χ3v) is 8.56. The molecule has 4 rings (SSSR count). The third kappa shape index (κ3) is 6.99. The number of nitrogens with two attached hydrogens (primary N) is 1.